The average molecular weight is 274 g/mol. The molecule has 0 aliphatic carbocycles. The summed E-state index contributed by atoms with van der Waals surface area (Å²) in [5.41, 5.74) is 2.99. The van der Waals surface area contributed by atoms with Gasteiger partial charge in [0, 0.05) is 22.8 Å². The highest BCUT2D eigenvalue weighted by molar-refractivity contribution is 6.32. The highest BCUT2D eigenvalue weighted by Gasteiger charge is 2.17. The van der Waals surface area contributed by atoms with E-state index in [2.05, 4.69) is 0 Å². The van der Waals surface area contributed by atoms with Crippen LogP contribution in [0.25, 0.3) is 21.8 Å². The van der Waals surface area contributed by atoms with Crippen LogP contribution in [0.5, 0.6) is 0 Å². The summed E-state index contributed by atoms with van der Waals surface area (Å²) in [5.74, 6) is -0.916. The Morgan fingerprint density at radius 1 is 1.16 bits per heavy atom. The van der Waals surface area contributed by atoms with Crippen LogP contribution in [0.1, 0.15) is 15.9 Å². The van der Waals surface area contributed by atoms with Gasteiger partial charge in [0.05, 0.1) is 16.6 Å². The summed E-state index contributed by atoms with van der Waals surface area (Å²) < 4.78 is 1.91. The van der Waals surface area contributed by atoms with Crippen LogP contribution in [0.3, 0.4) is 0 Å². The zero-order chi connectivity index (χ0) is 13.7. The van der Waals surface area contributed by atoms with Crippen molar-refractivity contribution in [2.75, 3.05) is 0 Å². The minimum Gasteiger partial charge on any atom is -0.478 e. The Morgan fingerprint density at radius 3 is 2.53 bits per heavy atom. The van der Waals surface area contributed by atoms with Gasteiger partial charge in [-0.2, -0.15) is 0 Å². The van der Waals surface area contributed by atoms with Gasteiger partial charge < -0.3 is 9.67 Å². The molecule has 4 heteroatoms. The van der Waals surface area contributed by atoms with Crippen molar-refractivity contribution in [2.45, 2.75) is 6.92 Å². The quantitative estimate of drug-likeness (QED) is 0.728. The lowest BCUT2D eigenvalue weighted by Crippen LogP contribution is -2.00. The number of fused-ring (bicyclic) bond motifs is 3. The maximum Gasteiger partial charge on any atom is 0.337 e. The van der Waals surface area contributed by atoms with E-state index >= 15 is 0 Å². The van der Waals surface area contributed by atoms with Crippen LogP contribution in [0.2, 0.25) is 5.02 Å². The van der Waals surface area contributed by atoms with Gasteiger partial charge in [0.25, 0.3) is 0 Å². The zero-order valence-corrected chi connectivity index (χ0v) is 11.3. The molecule has 0 aliphatic heterocycles. The molecule has 0 radical (unpaired) electrons. The van der Waals surface area contributed by atoms with Gasteiger partial charge >= 0.3 is 5.97 Å². The molecule has 1 heterocycles. The smallest absolute Gasteiger partial charge is 0.337 e. The first-order valence-corrected chi connectivity index (χ1v) is 6.29. The summed E-state index contributed by atoms with van der Waals surface area (Å²) in [7, 11) is 1.88. The number of rotatable bonds is 1. The predicted molar refractivity (Wildman–Crippen MR) is 77.1 cm³/mol. The fraction of sp³-hybridized carbons (Fsp3) is 0.133. The number of aryl methyl sites for hydroxylation is 2. The SMILES string of the molecule is Cc1c(Cl)ccc2c3cccc(C(=O)O)c3n(C)c12. The monoisotopic (exact) mass is 273 g/mol. The first-order chi connectivity index (χ1) is 9.02. The lowest BCUT2D eigenvalue weighted by atomic mass is 10.1. The van der Waals surface area contributed by atoms with Crippen molar-refractivity contribution in [3.05, 3.63) is 46.5 Å². The molecule has 0 saturated heterocycles. The van der Waals surface area contributed by atoms with E-state index in [0.717, 1.165) is 27.4 Å². The molecular weight excluding hydrogens is 262 g/mol. The fourth-order valence-corrected chi connectivity index (χ4v) is 2.88. The molecule has 3 rings (SSSR count). The third kappa shape index (κ3) is 1.55. The number of aromatic carboxylic acids is 1. The molecule has 0 fully saturated rings. The number of halogens is 1. The molecule has 2 aromatic carbocycles. The predicted octanol–water partition coefficient (Wildman–Crippen LogP) is 3.99. The number of hydrogen-bond acceptors (Lipinski definition) is 1. The fourth-order valence-electron chi connectivity index (χ4n) is 2.73. The summed E-state index contributed by atoms with van der Waals surface area (Å²) in [5, 5.41) is 12.0. The lowest BCUT2D eigenvalue weighted by Gasteiger charge is -2.04. The molecule has 3 nitrogen and oxygen atoms in total. The minimum absolute atomic E-state index is 0.312. The Morgan fingerprint density at radius 2 is 1.84 bits per heavy atom. The molecule has 96 valence electrons. The van der Waals surface area contributed by atoms with E-state index in [1.54, 1.807) is 12.1 Å². The number of benzene rings is 2. The molecule has 0 aliphatic rings. The molecule has 19 heavy (non-hydrogen) atoms. The van der Waals surface area contributed by atoms with Crippen molar-refractivity contribution in [1.29, 1.82) is 0 Å². The first kappa shape index (κ1) is 12.1. The van der Waals surface area contributed by atoms with E-state index < -0.39 is 5.97 Å². The summed E-state index contributed by atoms with van der Waals surface area (Å²) in [6.07, 6.45) is 0. The molecule has 0 atom stereocenters. The number of carboxylic acids is 1. The molecule has 0 spiro atoms. The molecule has 1 aromatic heterocycles. The highest BCUT2D eigenvalue weighted by Crippen LogP contribution is 2.34. The Labute approximate surface area is 115 Å². The molecule has 1 N–H and O–H groups in total. The maximum atomic E-state index is 11.4. The van der Waals surface area contributed by atoms with Gasteiger partial charge in [0.15, 0.2) is 0 Å². The summed E-state index contributed by atoms with van der Waals surface area (Å²) in [4.78, 5) is 11.4. The number of carboxylic acid groups (broad SMARTS) is 1. The molecule has 0 amide bonds. The van der Waals surface area contributed by atoms with Gasteiger partial charge in [0.1, 0.15) is 0 Å². The average Bonchev–Trinajstić information content (AvgIpc) is 2.68. The molecular formula is C15H12ClNO2. The van der Waals surface area contributed by atoms with Crippen molar-refractivity contribution in [3.8, 4) is 0 Å². The second-order valence-corrected chi connectivity index (χ2v) is 5.04. The van der Waals surface area contributed by atoms with Crippen LogP contribution in [-0.2, 0) is 7.05 Å². The Bertz CT molecular complexity index is 833. The van der Waals surface area contributed by atoms with Gasteiger partial charge in [-0.15, -0.1) is 0 Å². The number of carbonyl (C=O) groups is 1. The number of aromatic nitrogens is 1. The standard InChI is InChI=1S/C15H12ClNO2/c1-8-12(16)7-6-10-9-4-3-5-11(15(18)19)14(9)17(2)13(8)10/h3-7H,1-2H3,(H,18,19). The maximum absolute atomic E-state index is 11.4. The molecule has 0 bridgehead atoms. The van der Waals surface area contributed by atoms with E-state index in [4.69, 9.17) is 11.6 Å². The number of hydrogen-bond donors (Lipinski definition) is 1. The third-order valence-corrected chi connectivity index (χ3v) is 4.00. The van der Waals surface area contributed by atoms with Crippen LogP contribution in [0.4, 0.5) is 0 Å². The number of para-hydroxylation sites is 1. The van der Waals surface area contributed by atoms with Crippen molar-refractivity contribution >= 4 is 39.4 Å². The topological polar surface area (TPSA) is 42.2 Å². The minimum atomic E-state index is -0.916. The summed E-state index contributed by atoms with van der Waals surface area (Å²) in [6, 6.07) is 9.14. The number of nitrogens with zero attached hydrogens (tertiary/aromatic N) is 1. The normalized spacial score (nSPS) is 11.3. The third-order valence-electron chi connectivity index (χ3n) is 3.59. The van der Waals surface area contributed by atoms with Crippen LogP contribution >= 0.6 is 11.6 Å². The lowest BCUT2D eigenvalue weighted by molar-refractivity contribution is 0.0698. The van der Waals surface area contributed by atoms with Crippen molar-refractivity contribution in [1.82, 2.24) is 4.57 Å². The van der Waals surface area contributed by atoms with Crippen LogP contribution < -0.4 is 0 Å². The van der Waals surface area contributed by atoms with Gasteiger partial charge in [-0.05, 0) is 24.6 Å². The first-order valence-electron chi connectivity index (χ1n) is 5.92. The summed E-state index contributed by atoms with van der Waals surface area (Å²) >= 11 is 6.16. The van der Waals surface area contributed by atoms with Crippen LogP contribution in [-0.4, -0.2) is 15.6 Å². The molecule has 0 saturated carbocycles. The van der Waals surface area contributed by atoms with E-state index in [-0.39, 0.29) is 0 Å². The van der Waals surface area contributed by atoms with Crippen molar-refractivity contribution < 1.29 is 9.90 Å². The van der Waals surface area contributed by atoms with Crippen molar-refractivity contribution in [3.63, 3.8) is 0 Å². The molecule has 3 aromatic rings. The van der Waals surface area contributed by atoms with Gasteiger partial charge in [-0.1, -0.05) is 29.8 Å². The summed E-state index contributed by atoms with van der Waals surface area (Å²) in [6.45, 7) is 1.95. The zero-order valence-electron chi connectivity index (χ0n) is 10.6. The van der Waals surface area contributed by atoms with E-state index in [9.17, 15) is 9.90 Å². The highest BCUT2D eigenvalue weighted by atomic mass is 35.5. The second kappa shape index (κ2) is 4.00. The molecule has 0 unspecified atom stereocenters. The van der Waals surface area contributed by atoms with Gasteiger partial charge in [0.2, 0.25) is 0 Å². The van der Waals surface area contributed by atoms with E-state index in [1.165, 1.54) is 0 Å². The largest absolute Gasteiger partial charge is 0.478 e. The van der Waals surface area contributed by atoms with Crippen molar-refractivity contribution in [2.24, 2.45) is 7.05 Å². The van der Waals surface area contributed by atoms with Gasteiger partial charge in [-0.25, -0.2) is 4.79 Å². The Kier molecular flexibility index (Phi) is 2.54. The van der Waals surface area contributed by atoms with Crippen LogP contribution in [0, 0.1) is 6.92 Å². The van der Waals surface area contributed by atoms with E-state index in [1.807, 2.05) is 36.7 Å². The van der Waals surface area contributed by atoms with E-state index in [0.29, 0.717) is 10.6 Å². The van der Waals surface area contributed by atoms with Gasteiger partial charge in [-0.3, -0.25) is 0 Å². The Balaban J connectivity index is 2.63. The Hall–Kier alpha value is -2.00. The van der Waals surface area contributed by atoms with Crippen LogP contribution in [0.15, 0.2) is 30.3 Å². The second-order valence-electron chi connectivity index (χ2n) is 4.63.